The smallest absolute Gasteiger partial charge is 0.248 e. The van der Waals surface area contributed by atoms with Gasteiger partial charge in [-0.3, -0.25) is 0 Å². The van der Waals surface area contributed by atoms with Gasteiger partial charge in [-0.1, -0.05) is 41.9 Å². The lowest BCUT2D eigenvalue weighted by atomic mass is 9.94. The third kappa shape index (κ3) is 2.05. The lowest BCUT2D eigenvalue weighted by molar-refractivity contribution is 0.584. The van der Waals surface area contributed by atoms with E-state index in [0.717, 1.165) is 11.1 Å². The molecule has 0 fully saturated rings. The van der Waals surface area contributed by atoms with Gasteiger partial charge in [-0.05, 0) is 18.2 Å². The molecule has 3 aromatic rings. The number of benzene rings is 2. The monoisotopic (exact) mass is 232 g/mol. The minimum absolute atomic E-state index is 0.473. The van der Waals surface area contributed by atoms with Gasteiger partial charge in [0.15, 0.2) is 0 Å². The van der Waals surface area contributed by atoms with Gasteiger partial charge in [0.05, 0.1) is 0 Å². The van der Waals surface area contributed by atoms with E-state index in [-0.39, 0.29) is 0 Å². The zero-order chi connectivity index (χ0) is 12.4. The average molecular weight is 232 g/mol. The van der Waals surface area contributed by atoms with Crippen molar-refractivity contribution in [2.75, 3.05) is 0 Å². The zero-order valence-corrected chi connectivity index (χ0v) is 9.58. The van der Waals surface area contributed by atoms with Gasteiger partial charge in [0.1, 0.15) is 7.85 Å². The summed E-state index contributed by atoms with van der Waals surface area (Å²) in [6, 6.07) is 17.0. The highest BCUT2D eigenvalue weighted by molar-refractivity contribution is 6.32. The Labute approximate surface area is 106 Å². The zero-order valence-electron chi connectivity index (χ0n) is 9.58. The molecule has 84 valence electrons. The molecule has 0 bridgehead atoms. The molecule has 0 aliphatic heterocycles. The van der Waals surface area contributed by atoms with Gasteiger partial charge in [0, 0.05) is 11.1 Å². The second-order valence-electron chi connectivity index (χ2n) is 3.90. The van der Waals surface area contributed by atoms with Gasteiger partial charge in [0.2, 0.25) is 11.8 Å². The van der Waals surface area contributed by atoms with Crippen molar-refractivity contribution in [3.63, 3.8) is 0 Å². The standard InChI is InChI=1S/C14H9BN2O/c15-12-8-4-7-11(9-12)14-17-16-13(18-14)10-5-2-1-3-6-10/h1-9H. The van der Waals surface area contributed by atoms with E-state index in [1.54, 1.807) is 0 Å². The van der Waals surface area contributed by atoms with Crippen LogP contribution in [0.1, 0.15) is 0 Å². The fraction of sp³-hybridized carbons (Fsp3) is 0. The fourth-order valence-corrected chi connectivity index (χ4v) is 1.71. The van der Waals surface area contributed by atoms with Crippen LogP contribution in [-0.2, 0) is 0 Å². The molecule has 1 aromatic heterocycles. The SMILES string of the molecule is [B]c1cccc(-c2nnc(-c3ccccc3)o2)c1. The maximum absolute atomic E-state index is 5.72. The van der Waals surface area contributed by atoms with Crippen molar-refractivity contribution in [3.05, 3.63) is 54.6 Å². The van der Waals surface area contributed by atoms with E-state index < -0.39 is 0 Å². The first-order valence-electron chi connectivity index (χ1n) is 5.58. The largest absolute Gasteiger partial charge is 0.416 e. The summed E-state index contributed by atoms with van der Waals surface area (Å²) in [5.41, 5.74) is 2.40. The Bertz CT molecular complexity index is 664. The molecular formula is C14H9BN2O. The highest BCUT2D eigenvalue weighted by atomic mass is 16.4. The van der Waals surface area contributed by atoms with Crippen LogP contribution in [0.15, 0.2) is 59.0 Å². The van der Waals surface area contributed by atoms with E-state index in [1.807, 2.05) is 54.6 Å². The van der Waals surface area contributed by atoms with Crippen molar-refractivity contribution in [1.82, 2.24) is 10.2 Å². The molecule has 0 aliphatic carbocycles. The molecule has 0 amide bonds. The Hall–Kier alpha value is -2.36. The summed E-state index contributed by atoms with van der Waals surface area (Å²) in [4.78, 5) is 0. The Balaban J connectivity index is 2.00. The van der Waals surface area contributed by atoms with Gasteiger partial charge in [0.25, 0.3) is 0 Å². The second-order valence-corrected chi connectivity index (χ2v) is 3.90. The van der Waals surface area contributed by atoms with Crippen LogP contribution in [-0.4, -0.2) is 18.0 Å². The van der Waals surface area contributed by atoms with Crippen LogP contribution in [0, 0.1) is 0 Å². The van der Waals surface area contributed by atoms with Crippen molar-refractivity contribution in [2.45, 2.75) is 0 Å². The molecule has 0 atom stereocenters. The first-order valence-corrected chi connectivity index (χ1v) is 5.58. The van der Waals surface area contributed by atoms with Crippen LogP contribution in [0.4, 0.5) is 0 Å². The maximum atomic E-state index is 5.72. The Morgan fingerprint density at radius 3 is 2.17 bits per heavy atom. The van der Waals surface area contributed by atoms with E-state index in [4.69, 9.17) is 12.3 Å². The Morgan fingerprint density at radius 2 is 1.44 bits per heavy atom. The number of hydrogen-bond acceptors (Lipinski definition) is 3. The molecule has 18 heavy (non-hydrogen) atoms. The Morgan fingerprint density at radius 1 is 0.778 bits per heavy atom. The molecule has 3 nitrogen and oxygen atoms in total. The molecule has 1 heterocycles. The molecule has 0 aliphatic rings. The molecule has 3 rings (SSSR count). The van der Waals surface area contributed by atoms with Crippen molar-refractivity contribution in [1.29, 1.82) is 0 Å². The van der Waals surface area contributed by atoms with Crippen LogP contribution in [0.25, 0.3) is 22.9 Å². The minimum Gasteiger partial charge on any atom is -0.416 e. The molecule has 0 saturated heterocycles. The summed E-state index contributed by atoms with van der Waals surface area (Å²) in [5.74, 6) is 0.981. The maximum Gasteiger partial charge on any atom is 0.248 e. The molecule has 0 N–H and O–H groups in total. The fourth-order valence-electron chi connectivity index (χ4n) is 1.71. The van der Waals surface area contributed by atoms with Crippen LogP contribution in [0.3, 0.4) is 0 Å². The quantitative estimate of drug-likeness (QED) is 0.635. The van der Waals surface area contributed by atoms with Crippen LogP contribution >= 0.6 is 0 Å². The van der Waals surface area contributed by atoms with Gasteiger partial charge < -0.3 is 4.42 Å². The summed E-state index contributed by atoms with van der Waals surface area (Å²) in [7, 11) is 5.72. The van der Waals surface area contributed by atoms with E-state index in [0.29, 0.717) is 17.2 Å². The predicted molar refractivity (Wildman–Crippen MR) is 70.6 cm³/mol. The second kappa shape index (κ2) is 4.49. The van der Waals surface area contributed by atoms with Gasteiger partial charge in [-0.25, -0.2) is 0 Å². The number of aromatic nitrogens is 2. The minimum atomic E-state index is 0.473. The highest BCUT2D eigenvalue weighted by Crippen LogP contribution is 2.22. The third-order valence-electron chi connectivity index (χ3n) is 2.58. The normalized spacial score (nSPS) is 10.4. The lowest BCUT2D eigenvalue weighted by Gasteiger charge is -1.96. The van der Waals surface area contributed by atoms with E-state index in [2.05, 4.69) is 10.2 Å². The number of nitrogens with zero attached hydrogens (tertiary/aromatic N) is 2. The number of hydrogen-bond donors (Lipinski definition) is 0. The summed E-state index contributed by atoms with van der Waals surface area (Å²) in [6.45, 7) is 0. The topological polar surface area (TPSA) is 38.9 Å². The van der Waals surface area contributed by atoms with Gasteiger partial charge in [-0.2, -0.15) is 0 Å². The molecule has 0 spiro atoms. The highest BCUT2D eigenvalue weighted by Gasteiger charge is 2.09. The van der Waals surface area contributed by atoms with Crippen molar-refractivity contribution in [3.8, 4) is 22.9 Å². The predicted octanol–water partition coefficient (Wildman–Crippen LogP) is 2.20. The van der Waals surface area contributed by atoms with E-state index in [9.17, 15) is 0 Å². The lowest BCUT2D eigenvalue weighted by Crippen LogP contribution is -2.00. The van der Waals surface area contributed by atoms with E-state index in [1.165, 1.54) is 0 Å². The van der Waals surface area contributed by atoms with Crippen molar-refractivity contribution < 1.29 is 4.42 Å². The summed E-state index contributed by atoms with van der Waals surface area (Å²) < 4.78 is 5.63. The van der Waals surface area contributed by atoms with Crippen LogP contribution in [0.5, 0.6) is 0 Å². The molecule has 0 unspecified atom stereocenters. The first-order chi connectivity index (χ1) is 8.83. The molecule has 2 radical (unpaired) electrons. The molecule has 4 heteroatoms. The molecule has 0 saturated carbocycles. The summed E-state index contributed by atoms with van der Waals surface area (Å²) in [6.07, 6.45) is 0. The third-order valence-corrected chi connectivity index (χ3v) is 2.58. The number of rotatable bonds is 2. The Kier molecular flexibility index (Phi) is 2.69. The summed E-state index contributed by atoms with van der Waals surface area (Å²) in [5, 5.41) is 8.07. The van der Waals surface area contributed by atoms with Gasteiger partial charge in [-0.15, -0.1) is 10.2 Å². The van der Waals surface area contributed by atoms with Crippen molar-refractivity contribution >= 4 is 13.3 Å². The summed E-state index contributed by atoms with van der Waals surface area (Å²) >= 11 is 0. The first kappa shape index (κ1) is 10.8. The van der Waals surface area contributed by atoms with Gasteiger partial charge >= 0.3 is 0 Å². The molecular weight excluding hydrogens is 223 g/mol. The van der Waals surface area contributed by atoms with Crippen LogP contribution < -0.4 is 5.46 Å². The van der Waals surface area contributed by atoms with Crippen molar-refractivity contribution in [2.24, 2.45) is 0 Å². The van der Waals surface area contributed by atoms with E-state index >= 15 is 0 Å². The average Bonchev–Trinajstić information content (AvgIpc) is 2.89. The van der Waals surface area contributed by atoms with Crippen LogP contribution in [0.2, 0.25) is 0 Å². The molecule has 2 aromatic carbocycles.